The summed E-state index contributed by atoms with van der Waals surface area (Å²) in [5.74, 6) is -2.41. The lowest BCUT2D eigenvalue weighted by Gasteiger charge is -2.31. The highest BCUT2D eigenvalue weighted by atomic mass is 19.4. The SMILES string of the molecule is CCCCCOC(=O)C1CCN(C(=O)c2cc(F)cc(C(F)(F)F)c2)CC1. The predicted molar refractivity (Wildman–Crippen MR) is 90.5 cm³/mol. The van der Waals surface area contributed by atoms with Gasteiger partial charge in [0.05, 0.1) is 18.1 Å². The van der Waals surface area contributed by atoms with Gasteiger partial charge in [-0.05, 0) is 37.5 Å². The standard InChI is InChI=1S/C19H23F4NO3/c1-2-3-4-9-27-18(26)13-5-7-24(8-6-13)17(25)14-10-15(19(21,22)23)12-16(20)11-14/h10-13H,2-9H2,1H3. The zero-order valence-electron chi connectivity index (χ0n) is 15.2. The number of piperidine rings is 1. The van der Waals surface area contributed by atoms with Crippen LogP contribution in [0.25, 0.3) is 0 Å². The second-order valence-electron chi connectivity index (χ2n) is 6.67. The van der Waals surface area contributed by atoms with Crippen LogP contribution in [0.4, 0.5) is 17.6 Å². The van der Waals surface area contributed by atoms with Gasteiger partial charge in [-0.15, -0.1) is 0 Å². The number of carbonyl (C=O) groups excluding carboxylic acids is 2. The molecule has 0 saturated carbocycles. The van der Waals surface area contributed by atoms with E-state index in [0.29, 0.717) is 31.6 Å². The van der Waals surface area contributed by atoms with Crippen LogP contribution in [0, 0.1) is 11.7 Å². The molecule has 0 N–H and O–H groups in total. The number of alkyl halides is 3. The fourth-order valence-electron chi connectivity index (χ4n) is 3.02. The number of hydrogen-bond donors (Lipinski definition) is 0. The molecule has 1 aliphatic heterocycles. The molecule has 0 spiro atoms. The third-order valence-corrected chi connectivity index (χ3v) is 4.58. The van der Waals surface area contributed by atoms with Crippen molar-refractivity contribution >= 4 is 11.9 Å². The van der Waals surface area contributed by atoms with Gasteiger partial charge in [0, 0.05) is 18.7 Å². The fraction of sp³-hybridized carbons (Fsp3) is 0.579. The first-order valence-corrected chi connectivity index (χ1v) is 9.06. The topological polar surface area (TPSA) is 46.6 Å². The Bertz CT molecular complexity index is 667. The average molecular weight is 389 g/mol. The van der Waals surface area contributed by atoms with Crippen molar-refractivity contribution in [2.45, 2.75) is 45.2 Å². The van der Waals surface area contributed by atoms with Crippen LogP contribution in [0.3, 0.4) is 0 Å². The maximum atomic E-state index is 13.5. The molecule has 8 heteroatoms. The monoisotopic (exact) mass is 389 g/mol. The molecule has 1 amide bonds. The first-order valence-electron chi connectivity index (χ1n) is 9.06. The summed E-state index contributed by atoms with van der Waals surface area (Å²) in [5, 5.41) is 0. The van der Waals surface area contributed by atoms with Crippen molar-refractivity contribution in [2.24, 2.45) is 5.92 Å². The van der Waals surface area contributed by atoms with Gasteiger partial charge in [-0.25, -0.2) is 4.39 Å². The summed E-state index contributed by atoms with van der Waals surface area (Å²) >= 11 is 0. The van der Waals surface area contributed by atoms with E-state index >= 15 is 0 Å². The molecule has 1 aromatic carbocycles. The summed E-state index contributed by atoms with van der Waals surface area (Å²) in [6.07, 6.45) is -1.17. The number of amides is 1. The van der Waals surface area contributed by atoms with E-state index in [2.05, 4.69) is 0 Å². The molecule has 1 aliphatic rings. The van der Waals surface area contributed by atoms with E-state index in [1.807, 2.05) is 6.92 Å². The number of ether oxygens (including phenoxy) is 1. The van der Waals surface area contributed by atoms with E-state index < -0.39 is 23.5 Å². The smallest absolute Gasteiger partial charge is 0.416 e. The number of likely N-dealkylation sites (tertiary alicyclic amines) is 1. The zero-order chi connectivity index (χ0) is 20.0. The number of nitrogens with zero attached hydrogens (tertiary/aromatic N) is 1. The van der Waals surface area contributed by atoms with E-state index in [0.717, 1.165) is 25.3 Å². The van der Waals surface area contributed by atoms with Crippen molar-refractivity contribution in [1.29, 1.82) is 0 Å². The van der Waals surface area contributed by atoms with Crippen molar-refractivity contribution in [3.05, 3.63) is 35.1 Å². The highest BCUT2D eigenvalue weighted by Crippen LogP contribution is 2.31. The minimum Gasteiger partial charge on any atom is -0.465 e. The molecule has 0 aromatic heterocycles. The molecular weight excluding hydrogens is 366 g/mol. The summed E-state index contributed by atoms with van der Waals surface area (Å²) in [5.41, 5.74) is -1.54. The highest BCUT2D eigenvalue weighted by Gasteiger charge is 2.33. The predicted octanol–water partition coefficient (Wildman–Crippen LogP) is 4.43. The number of halogens is 4. The van der Waals surface area contributed by atoms with Crippen LogP contribution >= 0.6 is 0 Å². The Morgan fingerprint density at radius 1 is 1.15 bits per heavy atom. The molecule has 1 aromatic rings. The second-order valence-corrected chi connectivity index (χ2v) is 6.67. The Morgan fingerprint density at radius 3 is 2.41 bits per heavy atom. The van der Waals surface area contributed by atoms with Crippen molar-refractivity contribution in [2.75, 3.05) is 19.7 Å². The van der Waals surface area contributed by atoms with Gasteiger partial charge in [0.15, 0.2) is 0 Å². The van der Waals surface area contributed by atoms with E-state index in [4.69, 9.17) is 4.74 Å². The van der Waals surface area contributed by atoms with Gasteiger partial charge in [-0.1, -0.05) is 19.8 Å². The van der Waals surface area contributed by atoms with Crippen molar-refractivity contribution in [3.63, 3.8) is 0 Å². The van der Waals surface area contributed by atoms with Gasteiger partial charge in [-0.2, -0.15) is 13.2 Å². The lowest BCUT2D eigenvalue weighted by molar-refractivity contribution is -0.150. The summed E-state index contributed by atoms with van der Waals surface area (Å²) in [6.45, 7) is 2.84. The average Bonchev–Trinajstić information content (AvgIpc) is 2.63. The molecule has 0 aliphatic carbocycles. The summed E-state index contributed by atoms with van der Waals surface area (Å²) in [6, 6.07) is 1.81. The third kappa shape index (κ3) is 5.94. The number of hydrogen-bond acceptors (Lipinski definition) is 3. The van der Waals surface area contributed by atoms with E-state index in [1.54, 1.807) is 0 Å². The minimum absolute atomic E-state index is 0.214. The van der Waals surface area contributed by atoms with Gasteiger partial charge in [0.25, 0.3) is 5.91 Å². The molecule has 1 saturated heterocycles. The molecule has 0 radical (unpaired) electrons. The lowest BCUT2D eigenvalue weighted by atomic mass is 9.96. The molecule has 1 fully saturated rings. The van der Waals surface area contributed by atoms with Crippen LogP contribution in [0.15, 0.2) is 18.2 Å². The second kappa shape index (κ2) is 9.19. The van der Waals surface area contributed by atoms with E-state index in [-0.39, 0.29) is 30.5 Å². The number of rotatable bonds is 6. The Kier molecular flexibility index (Phi) is 7.21. The number of esters is 1. The van der Waals surface area contributed by atoms with Crippen LogP contribution in [0.1, 0.15) is 54.9 Å². The van der Waals surface area contributed by atoms with Crippen molar-refractivity contribution in [3.8, 4) is 0 Å². The highest BCUT2D eigenvalue weighted by molar-refractivity contribution is 5.94. The Balaban J connectivity index is 1.93. The third-order valence-electron chi connectivity index (χ3n) is 4.58. The lowest BCUT2D eigenvalue weighted by Crippen LogP contribution is -2.40. The van der Waals surface area contributed by atoms with Gasteiger partial charge in [0.1, 0.15) is 5.82 Å². The Labute approximate surface area is 155 Å². The van der Waals surface area contributed by atoms with Gasteiger partial charge >= 0.3 is 12.1 Å². The molecule has 2 rings (SSSR count). The molecular formula is C19H23F4NO3. The normalized spacial score (nSPS) is 15.7. The Hall–Kier alpha value is -2.12. The minimum atomic E-state index is -4.73. The maximum Gasteiger partial charge on any atom is 0.416 e. The number of benzene rings is 1. The first kappa shape index (κ1) is 21.2. The molecule has 1 heterocycles. The first-order chi connectivity index (χ1) is 12.7. The van der Waals surface area contributed by atoms with Gasteiger partial charge in [-0.3, -0.25) is 9.59 Å². The molecule has 0 unspecified atom stereocenters. The Morgan fingerprint density at radius 2 is 1.81 bits per heavy atom. The maximum absolute atomic E-state index is 13.5. The van der Waals surface area contributed by atoms with Crippen LogP contribution in [-0.4, -0.2) is 36.5 Å². The number of unbranched alkanes of at least 4 members (excludes halogenated alkanes) is 2. The molecule has 27 heavy (non-hydrogen) atoms. The van der Waals surface area contributed by atoms with E-state index in [1.165, 1.54) is 4.90 Å². The van der Waals surface area contributed by atoms with Crippen LogP contribution in [-0.2, 0) is 15.7 Å². The summed E-state index contributed by atoms with van der Waals surface area (Å²) in [4.78, 5) is 25.8. The zero-order valence-corrected chi connectivity index (χ0v) is 15.2. The van der Waals surface area contributed by atoms with E-state index in [9.17, 15) is 27.2 Å². The van der Waals surface area contributed by atoms with Gasteiger partial charge in [0.2, 0.25) is 0 Å². The summed E-state index contributed by atoms with van der Waals surface area (Å²) in [7, 11) is 0. The van der Waals surface area contributed by atoms with Crippen LogP contribution in [0.2, 0.25) is 0 Å². The fourth-order valence-corrected chi connectivity index (χ4v) is 3.02. The molecule has 4 nitrogen and oxygen atoms in total. The largest absolute Gasteiger partial charge is 0.465 e. The molecule has 0 atom stereocenters. The van der Waals surface area contributed by atoms with Gasteiger partial charge < -0.3 is 9.64 Å². The van der Waals surface area contributed by atoms with Crippen LogP contribution in [0.5, 0.6) is 0 Å². The molecule has 150 valence electrons. The van der Waals surface area contributed by atoms with Crippen molar-refractivity contribution < 1.29 is 31.9 Å². The van der Waals surface area contributed by atoms with Crippen LogP contribution < -0.4 is 0 Å². The summed E-state index contributed by atoms with van der Waals surface area (Å²) < 4.78 is 57.1. The number of carbonyl (C=O) groups is 2. The molecule has 0 bridgehead atoms. The quantitative estimate of drug-likeness (QED) is 0.411. The van der Waals surface area contributed by atoms with Crippen molar-refractivity contribution in [1.82, 2.24) is 4.90 Å².